The molecule has 2 fully saturated rings. The number of thioether (sulfide) groups is 1. The molecule has 0 unspecified atom stereocenters. The molecule has 7 nitrogen and oxygen atoms in total. The summed E-state index contributed by atoms with van der Waals surface area (Å²) in [5.74, 6) is 0.246. The van der Waals surface area contributed by atoms with Crippen molar-refractivity contribution in [2.75, 3.05) is 42.5 Å². The largest absolute Gasteiger partial charge is 0.368 e. The molecule has 2 saturated heterocycles. The number of benzene rings is 1. The number of hydrogen-bond donors (Lipinski definition) is 0. The van der Waals surface area contributed by atoms with E-state index in [0.717, 1.165) is 12.1 Å². The molecule has 0 radical (unpaired) electrons. The maximum absolute atomic E-state index is 13.3. The van der Waals surface area contributed by atoms with Crippen LogP contribution in [-0.4, -0.2) is 52.4 Å². The van der Waals surface area contributed by atoms with E-state index in [1.165, 1.54) is 28.5 Å². The van der Waals surface area contributed by atoms with Gasteiger partial charge in [0.15, 0.2) is 0 Å². The summed E-state index contributed by atoms with van der Waals surface area (Å²) in [6.45, 7) is 6.88. The number of pyridine rings is 1. The Morgan fingerprint density at radius 1 is 1.14 bits per heavy atom. The van der Waals surface area contributed by atoms with Crippen molar-refractivity contribution < 1.29 is 9.18 Å². The minimum Gasteiger partial charge on any atom is -0.368 e. The monoisotopic (exact) mass is 511 g/mol. The third-order valence-electron chi connectivity index (χ3n) is 6.34. The Hall–Kier alpha value is -3.16. The Labute approximate surface area is 213 Å². The van der Waals surface area contributed by atoms with Gasteiger partial charge in [-0.2, -0.15) is 5.26 Å². The minimum atomic E-state index is -0.364. The van der Waals surface area contributed by atoms with Gasteiger partial charge in [0, 0.05) is 51.0 Å². The van der Waals surface area contributed by atoms with Gasteiger partial charge in [-0.25, -0.2) is 4.39 Å². The molecule has 0 aliphatic carbocycles. The fourth-order valence-electron chi connectivity index (χ4n) is 4.47. The zero-order valence-electron chi connectivity index (χ0n) is 19.9. The van der Waals surface area contributed by atoms with Crippen molar-refractivity contribution in [1.29, 1.82) is 5.26 Å². The van der Waals surface area contributed by atoms with Crippen molar-refractivity contribution in [3.63, 3.8) is 0 Å². The number of amides is 1. The molecule has 0 N–H and O–H groups in total. The fourth-order valence-corrected chi connectivity index (χ4v) is 5.76. The van der Waals surface area contributed by atoms with E-state index in [4.69, 9.17) is 12.2 Å². The van der Waals surface area contributed by atoms with Crippen molar-refractivity contribution in [3.05, 3.63) is 62.0 Å². The quantitative estimate of drug-likeness (QED) is 0.448. The lowest BCUT2D eigenvalue weighted by Gasteiger charge is -2.38. The summed E-state index contributed by atoms with van der Waals surface area (Å²) < 4.78 is 15.3. The van der Waals surface area contributed by atoms with Crippen LogP contribution in [0.4, 0.5) is 15.9 Å². The summed E-state index contributed by atoms with van der Waals surface area (Å²) in [7, 11) is 1.66. The number of nitrogens with zero attached hydrogens (tertiary/aromatic N) is 5. The highest BCUT2D eigenvalue weighted by Crippen LogP contribution is 2.36. The molecule has 182 valence electrons. The number of carbonyl (C=O) groups excluding carboxylic acids is 1. The van der Waals surface area contributed by atoms with Gasteiger partial charge in [0.2, 0.25) is 0 Å². The van der Waals surface area contributed by atoms with Gasteiger partial charge >= 0.3 is 0 Å². The third kappa shape index (κ3) is 4.70. The predicted molar refractivity (Wildman–Crippen MR) is 142 cm³/mol. The first-order valence-corrected chi connectivity index (χ1v) is 12.6. The lowest BCUT2D eigenvalue weighted by atomic mass is 10.0. The lowest BCUT2D eigenvalue weighted by molar-refractivity contribution is -0.122. The van der Waals surface area contributed by atoms with Crippen LogP contribution in [0.1, 0.15) is 30.0 Å². The van der Waals surface area contributed by atoms with E-state index in [1.54, 1.807) is 37.1 Å². The molecule has 0 saturated carbocycles. The third-order valence-corrected chi connectivity index (χ3v) is 7.71. The predicted octanol–water partition coefficient (Wildman–Crippen LogP) is 3.64. The Bertz CT molecular complexity index is 1310. The van der Waals surface area contributed by atoms with Gasteiger partial charge in [-0.3, -0.25) is 19.1 Å². The number of halogens is 1. The first-order chi connectivity index (χ1) is 16.8. The molecule has 1 aromatic heterocycles. The average Bonchev–Trinajstić information content (AvgIpc) is 3.11. The standard InChI is InChI=1S/C25H26FN5O2S2/c1-4-9-31-24(33)21(35-25(31)34)14-19-16(2)20(15-27)23(32)28(3)22(19)30-12-10-29(11-13-30)18-7-5-17(26)6-8-18/h5-8,14H,4,9-13H2,1-3H3/b21-14-. The van der Waals surface area contributed by atoms with Gasteiger partial charge < -0.3 is 9.80 Å². The highest BCUT2D eigenvalue weighted by molar-refractivity contribution is 8.26. The van der Waals surface area contributed by atoms with Crippen LogP contribution in [0.2, 0.25) is 0 Å². The number of rotatable bonds is 5. The second-order valence-corrected chi connectivity index (χ2v) is 10.2. The van der Waals surface area contributed by atoms with Crippen LogP contribution in [0.15, 0.2) is 34.0 Å². The number of piperazine rings is 1. The van der Waals surface area contributed by atoms with Crippen molar-refractivity contribution in [2.45, 2.75) is 20.3 Å². The van der Waals surface area contributed by atoms with Crippen LogP contribution in [0.25, 0.3) is 6.08 Å². The molecule has 35 heavy (non-hydrogen) atoms. The Morgan fingerprint density at radius 2 is 1.77 bits per heavy atom. The van der Waals surface area contributed by atoms with E-state index in [0.29, 0.717) is 58.9 Å². The Balaban J connectivity index is 1.72. The second kappa shape index (κ2) is 10.2. The molecule has 1 aromatic carbocycles. The average molecular weight is 512 g/mol. The van der Waals surface area contributed by atoms with E-state index in [1.807, 2.05) is 13.0 Å². The number of carbonyl (C=O) groups is 1. The first kappa shape index (κ1) is 24.9. The fraction of sp³-hybridized carbons (Fsp3) is 0.360. The van der Waals surface area contributed by atoms with E-state index in [9.17, 15) is 19.2 Å². The van der Waals surface area contributed by atoms with E-state index < -0.39 is 0 Å². The number of thiocarbonyl (C=S) groups is 1. The molecular weight excluding hydrogens is 485 g/mol. The zero-order chi connectivity index (χ0) is 25.3. The van der Waals surface area contributed by atoms with Gasteiger partial charge in [-0.1, -0.05) is 30.9 Å². The molecule has 0 bridgehead atoms. The van der Waals surface area contributed by atoms with E-state index in [2.05, 4.69) is 9.80 Å². The first-order valence-electron chi connectivity index (χ1n) is 11.4. The summed E-state index contributed by atoms with van der Waals surface area (Å²) in [6, 6.07) is 8.45. The SMILES string of the molecule is CCCN1C(=O)/C(=C/c2c(C)c(C#N)c(=O)n(C)c2N2CCN(c3ccc(F)cc3)CC2)SC1=S. The highest BCUT2D eigenvalue weighted by Gasteiger charge is 2.33. The molecule has 2 aromatic rings. The maximum Gasteiger partial charge on any atom is 0.270 e. The van der Waals surface area contributed by atoms with Gasteiger partial charge in [0.25, 0.3) is 11.5 Å². The number of hydrogen-bond acceptors (Lipinski definition) is 7. The molecule has 2 aliphatic rings. The summed E-state index contributed by atoms with van der Waals surface area (Å²) in [4.78, 5) is 32.4. The second-order valence-electron chi connectivity index (χ2n) is 8.50. The topological polar surface area (TPSA) is 72.6 Å². The minimum absolute atomic E-state index is 0.0662. The van der Waals surface area contributed by atoms with Crippen LogP contribution in [0, 0.1) is 24.1 Å². The molecule has 4 rings (SSSR count). The molecule has 1 amide bonds. The van der Waals surface area contributed by atoms with Gasteiger partial charge in [0.05, 0.1) is 4.91 Å². The van der Waals surface area contributed by atoms with Crippen molar-refractivity contribution >= 4 is 51.8 Å². The Kier molecular flexibility index (Phi) is 7.28. The van der Waals surface area contributed by atoms with E-state index >= 15 is 0 Å². The summed E-state index contributed by atoms with van der Waals surface area (Å²) >= 11 is 6.65. The number of aromatic nitrogens is 1. The molecule has 2 aliphatic heterocycles. The van der Waals surface area contributed by atoms with Crippen molar-refractivity contribution in [3.8, 4) is 6.07 Å². The van der Waals surface area contributed by atoms with E-state index in [-0.39, 0.29) is 22.8 Å². The van der Waals surface area contributed by atoms with Crippen LogP contribution >= 0.6 is 24.0 Å². The molecular formula is C25H26FN5O2S2. The molecule has 3 heterocycles. The van der Waals surface area contributed by atoms with Crippen LogP contribution in [0.5, 0.6) is 0 Å². The molecule has 0 spiro atoms. The summed E-state index contributed by atoms with van der Waals surface area (Å²) in [6.07, 6.45) is 2.56. The normalized spacial score (nSPS) is 17.5. The van der Waals surface area contributed by atoms with Gasteiger partial charge in [0.1, 0.15) is 27.6 Å². The maximum atomic E-state index is 13.3. The smallest absolute Gasteiger partial charge is 0.270 e. The summed E-state index contributed by atoms with van der Waals surface area (Å²) in [5.41, 5.74) is 1.87. The zero-order valence-corrected chi connectivity index (χ0v) is 21.5. The number of nitriles is 1. The molecule has 0 atom stereocenters. The van der Waals surface area contributed by atoms with Crippen molar-refractivity contribution in [1.82, 2.24) is 9.47 Å². The summed E-state index contributed by atoms with van der Waals surface area (Å²) in [5, 5.41) is 9.66. The van der Waals surface area contributed by atoms with Crippen molar-refractivity contribution in [2.24, 2.45) is 7.05 Å². The van der Waals surface area contributed by atoms with Crippen LogP contribution < -0.4 is 15.4 Å². The molecule has 10 heteroatoms. The van der Waals surface area contributed by atoms with Gasteiger partial charge in [-0.15, -0.1) is 0 Å². The lowest BCUT2D eigenvalue weighted by Crippen LogP contribution is -2.48. The number of anilines is 2. The highest BCUT2D eigenvalue weighted by atomic mass is 32.2. The van der Waals surface area contributed by atoms with Gasteiger partial charge in [-0.05, 0) is 49.2 Å². The van der Waals surface area contributed by atoms with Crippen LogP contribution in [-0.2, 0) is 11.8 Å². The Morgan fingerprint density at radius 3 is 2.37 bits per heavy atom. The van der Waals surface area contributed by atoms with Crippen LogP contribution in [0.3, 0.4) is 0 Å².